The van der Waals surface area contributed by atoms with Crippen molar-refractivity contribution < 1.29 is 0 Å². The molecule has 0 aromatic heterocycles. The minimum atomic E-state index is 0.483. The second kappa shape index (κ2) is 5.88. The fourth-order valence-electron chi connectivity index (χ4n) is 3.78. The molecule has 1 saturated carbocycles. The van der Waals surface area contributed by atoms with Gasteiger partial charge in [0.1, 0.15) is 0 Å². The lowest BCUT2D eigenvalue weighted by molar-refractivity contribution is 0.0202. The first-order valence-corrected chi connectivity index (χ1v) is 7.56. The van der Waals surface area contributed by atoms with Crippen LogP contribution in [0.1, 0.15) is 57.9 Å². The number of rotatable bonds is 6. The van der Waals surface area contributed by atoms with Crippen molar-refractivity contribution in [2.45, 2.75) is 58.4 Å². The predicted octanol–water partition coefficient (Wildman–Crippen LogP) is 4.35. The second-order valence-electron chi connectivity index (χ2n) is 5.65. The van der Waals surface area contributed by atoms with Crippen LogP contribution in [0.3, 0.4) is 0 Å². The van der Waals surface area contributed by atoms with Crippen molar-refractivity contribution in [2.75, 3.05) is 6.54 Å². The Bertz CT molecular complexity index is 353. The van der Waals surface area contributed by atoms with E-state index in [2.05, 4.69) is 56.4 Å². The molecule has 1 fully saturated rings. The van der Waals surface area contributed by atoms with Gasteiger partial charge in [0.2, 0.25) is 0 Å². The summed E-state index contributed by atoms with van der Waals surface area (Å²) in [6, 6.07) is 11.8. The highest BCUT2D eigenvalue weighted by Crippen LogP contribution is 2.57. The van der Waals surface area contributed by atoms with Gasteiger partial charge in [-0.3, -0.25) is 0 Å². The first kappa shape index (κ1) is 13.6. The first-order chi connectivity index (χ1) is 8.78. The molecule has 1 aliphatic rings. The summed E-state index contributed by atoms with van der Waals surface area (Å²) in [5.74, 6) is 0.753. The van der Waals surface area contributed by atoms with Gasteiger partial charge in [0.15, 0.2) is 0 Å². The lowest BCUT2D eigenvalue weighted by atomic mass is 9.52. The third-order valence-corrected chi connectivity index (χ3v) is 5.02. The van der Waals surface area contributed by atoms with Gasteiger partial charge in [-0.25, -0.2) is 0 Å². The zero-order valence-corrected chi connectivity index (χ0v) is 12.1. The van der Waals surface area contributed by atoms with Gasteiger partial charge in [-0.1, -0.05) is 51.1 Å². The van der Waals surface area contributed by atoms with Gasteiger partial charge < -0.3 is 5.32 Å². The molecule has 0 radical (unpaired) electrons. The molecular formula is C17H27N. The third-order valence-electron chi connectivity index (χ3n) is 5.02. The summed E-state index contributed by atoms with van der Waals surface area (Å²) < 4.78 is 0. The number of hydrogen-bond donors (Lipinski definition) is 1. The molecule has 0 aliphatic heterocycles. The van der Waals surface area contributed by atoms with Gasteiger partial charge in [0.25, 0.3) is 0 Å². The molecule has 0 spiro atoms. The molecule has 1 N–H and O–H groups in total. The lowest BCUT2D eigenvalue weighted by Gasteiger charge is -2.57. The number of nitrogens with one attached hydrogen (secondary N) is 1. The Labute approximate surface area is 112 Å². The maximum atomic E-state index is 3.76. The molecule has 0 amide bonds. The molecule has 2 rings (SSSR count). The summed E-state index contributed by atoms with van der Waals surface area (Å²) in [6.45, 7) is 8.13. The minimum absolute atomic E-state index is 0.483. The van der Waals surface area contributed by atoms with E-state index >= 15 is 0 Å². The molecule has 18 heavy (non-hydrogen) atoms. The minimum Gasteiger partial charge on any atom is -0.313 e. The van der Waals surface area contributed by atoms with Gasteiger partial charge in [0.05, 0.1) is 0 Å². The van der Waals surface area contributed by atoms with Crippen LogP contribution >= 0.6 is 0 Å². The van der Waals surface area contributed by atoms with E-state index in [1.807, 2.05) is 0 Å². The van der Waals surface area contributed by atoms with Gasteiger partial charge in [-0.05, 0) is 49.1 Å². The summed E-state index contributed by atoms with van der Waals surface area (Å²) in [6.07, 6.45) is 5.11. The average Bonchev–Trinajstić information content (AvgIpc) is 2.40. The quantitative estimate of drug-likeness (QED) is 0.785. The van der Waals surface area contributed by atoms with E-state index < -0.39 is 0 Å². The van der Waals surface area contributed by atoms with Crippen LogP contribution in [0.2, 0.25) is 0 Å². The lowest BCUT2D eigenvalue weighted by Crippen LogP contribution is -2.58. The topological polar surface area (TPSA) is 12.0 Å². The van der Waals surface area contributed by atoms with Gasteiger partial charge in [-0.15, -0.1) is 0 Å². The van der Waals surface area contributed by atoms with Gasteiger partial charge in [0, 0.05) is 6.04 Å². The van der Waals surface area contributed by atoms with Crippen LogP contribution < -0.4 is 5.32 Å². The fraction of sp³-hybridized carbons (Fsp3) is 0.647. The Morgan fingerprint density at radius 1 is 1.11 bits per heavy atom. The molecule has 1 nitrogen and oxygen atoms in total. The van der Waals surface area contributed by atoms with E-state index in [1.165, 1.54) is 31.2 Å². The van der Waals surface area contributed by atoms with Crippen LogP contribution in [0.25, 0.3) is 0 Å². The molecule has 100 valence electrons. The highest BCUT2D eigenvalue weighted by atomic mass is 15.0. The van der Waals surface area contributed by atoms with Crippen LogP contribution in [0.5, 0.6) is 0 Å². The number of hydrogen-bond acceptors (Lipinski definition) is 1. The molecular weight excluding hydrogens is 218 g/mol. The molecule has 1 aromatic rings. The molecule has 0 bridgehead atoms. The van der Waals surface area contributed by atoms with Crippen molar-refractivity contribution in [3.05, 3.63) is 35.9 Å². The molecule has 0 heterocycles. The number of benzene rings is 1. The largest absolute Gasteiger partial charge is 0.313 e. The van der Waals surface area contributed by atoms with Crippen LogP contribution in [0, 0.1) is 5.41 Å². The Morgan fingerprint density at radius 2 is 1.78 bits per heavy atom. The van der Waals surface area contributed by atoms with Crippen LogP contribution in [-0.2, 0) is 0 Å². The Kier molecular flexibility index (Phi) is 4.45. The van der Waals surface area contributed by atoms with Gasteiger partial charge >= 0.3 is 0 Å². The van der Waals surface area contributed by atoms with Crippen molar-refractivity contribution in [1.29, 1.82) is 0 Å². The van der Waals surface area contributed by atoms with E-state index in [0.29, 0.717) is 5.41 Å². The third kappa shape index (κ3) is 2.21. The van der Waals surface area contributed by atoms with Crippen molar-refractivity contribution >= 4 is 0 Å². The standard InChI is InChI=1S/C17H27N/c1-4-12-18-16-13-15(17(16,5-2)6-3)14-10-8-7-9-11-14/h7-11,15-16,18H,4-6,12-13H2,1-3H3. The smallest absolute Gasteiger partial charge is 0.0135 e. The fourth-order valence-corrected chi connectivity index (χ4v) is 3.78. The van der Waals surface area contributed by atoms with Crippen molar-refractivity contribution in [3.63, 3.8) is 0 Å². The zero-order chi connectivity index (χ0) is 13.0. The van der Waals surface area contributed by atoms with Crippen LogP contribution in [0.15, 0.2) is 30.3 Å². The second-order valence-corrected chi connectivity index (χ2v) is 5.65. The van der Waals surface area contributed by atoms with E-state index in [-0.39, 0.29) is 0 Å². The van der Waals surface area contributed by atoms with Crippen molar-refractivity contribution in [1.82, 2.24) is 5.32 Å². The Balaban J connectivity index is 2.14. The maximum Gasteiger partial charge on any atom is 0.0135 e. The van der Waals surface area contributed by atoms with Crippen molar-refractivity contribution in [2.24, 2.45) is 5.41 Å². The molecule has 1 aliphatic carbocycles. The van der Waals surface area contributed by atoms with E-state index in [1.54, 1.807) is 0 Å². The molecule has 2 atom stereocenters. The summed E-state index contributed by atoms with van der Waals surface area (Å²) >= 11 is 0. The van der Waals surface area contributed by atoms with Crippen LogP contribution in [-0.4, -0.2) is 12.6 Å². The Morgan fingerprint density at radius 3 is 2.33 bits per heavy atom. The molecule has 1 aromatic carbocycles. The van der Waals surface area contributed by atoms with Crippen molar-refractivity contribution in [3.8, 4) is 0 Å². The summed E-state index contributed by atoms with van der Waals surface area (Å²) in [7, 11) is 0. The SMILES string of the molecule is CCCNC1CC(c2ccccc2)C1(CC)CC. The van der Waals surface area contributed by atoms with E-state index in [4.69, 9.17) is 0 Å². The zero-order valence-electron chi connectivity index (χ0n) is 12.1. The van der Waals surface area contributed by atoms with E-state index in [0.717, 1.165) is 18.5 Å². The summed E-state index contributed by atoms with van der Waals surface area (Å²) in [4.78, 5) is 0. The highest BCUT2D eigenvalue weighted by molar-refractivity contribution is 5.28. The maximum absolute atomic E-state index is 3.76. The van der Waals surface area contributed by atoms with Gasteiger partial charge in [-0.2, -0.15) is 0 Å². The average molecular weight is 245 g/mol. The Hall–Kier alpha value is -0.820. The molecule has 2 unspecified atom stereocenters. The summed E-state index contributed by atoms with van der Waals surface area (Å²) in [5.41, 5.74) is 2.02. The normalized spacial score (nSPS) is 25.7. The van der Waals surface area contributed by atoms with E-state index in [9.17, 15) is 0 Å². The monoisotopic (exact) mass is 245 g/mol. The molecule has 1 heteroatoms. The predicted molar refractivity (Wildman–Crippen MR) is 78.9 cm³/mol. The molecule has 0 saturated heterocycles. The first-order valence-electron chi connectivity index (χ1n) is 7.56. The highest BCUT2D eigenvalue weighted by Gasteiger charge is 2.52. The summed E-state index contributed by atoms with van der Waals surface area (Å²) in [5, 5.41) is 3.76. The van der Waals surface area contributed by atoms with Crippen LogP contribution in [0.4, 0.5) is 0 Å².